The fourth-order valence-corrected chi connectivity index (χ4v) is 3.18. The molecule has 0 bridgehead atoms. The smallest absolute Gasteiger partial charge is 0.127 e. The minimum atomic E-state index is -0.141. The third-order valence-electron chi connectivity index (χ3n) is 3.13. The molecule has 0 N–H and O–H groups in total. The summed E-state index contributed by atoms with van der Waals surface area (Å²) in [6.07, 6.45) is 2.69. The first kappa shape index (κ1) is 13.9. The van der Waals surface area contributed by atoms with Crippen molar-refractivity contribution in [2.45, 2.75) is 25.3 Å². The summed E-state index contributed by atoms with van der Waals surface area (Å²) in [7, 11) is 0. The number of alkyl halides is 1. The van der Waals surface area contributed by atoms with Gasteiger partial charge in [0.25, 0.3) is 0 Å². The maximum absolute atomic E-state index is 6.25. The lowest BCUT2D eigenvalue weighted by Gasteiger charge is -2.09. The van der Waals surface area contributed by atoms with E-state index in [2.05, 4.69) is 14.5 Å². The Bertz CT molecular complexity index is 719. The van der Waals surface area contributed by atoms with Gasteiger partial charge in [0.15, 0.2) is 0 Å². The summed E-state index contributed by atoms with van der Waals surface area (Å²) < 4.78 is 2.14. The first-order valence-corrected chi connectivity index (χ1v) is 8.02. The highest BCUT2D eigenvalue weighted by Gasteiger charge is 2.15. The Morgan fingerprint density at radius 1 is 1.40 bits per heavy atom. The standard InChI is InChI=1S/C14H13Cl2N3S/c1-9(15)14-18-11-3-2-10(16)8-12(11)19(14)6-4-13-17-5-7-20-13/h2-3,5,7-9H,4,6H2,1H3. The van der Waals surface area contributed by atoms with Gasteiger partial charge >= 0.3 is 0 Å². The van der Waals surface area contributed by atoms with Crippen LogP contribution >= 0.6 is 34.5 Å². The first-order chi connectivity index (χ1) is 9.65. The van der Waals surface area contributed by atoms with Crippen molar-refractivity contribution in [2.75, 3.05) is 0 Å². The van der Waals surface area contributed by atoms with E-state index >= 15 is 0 Å². The van der Waals surface area contributed by atoms with Crippen molar-refractivity contribution < 1.29 is 0 Å². The Kier molecular flexibility index (Phi) is 3.96. The number of aromatic nitrogens is 3. The van der Waals surface area contributed by atoms with Gasteiger partial charge in [0.1, 0.15) is 5.82 Å². The number of nitrogens with zero attached hydrogens (tertiary/aromatic N) is 3. The van der Waals surface area contributed by atoms with Crippen LogP contribution in [0.4, 0.5) is 0 Å². The summed E-state index contributed by atoms with van der Waals surface area (Å²) in [4.78, 5) is 8.92. The summed E-state index contributed by atoms with van der Waals surface area (Å²) in [6.45, 7) is 2.74. The van der Waals surface area contributed by atoms with Crippen molar-refractivity contribution in [3.05, 3.63) is 45.6 Å². The second-order valence-electron chi connectivity index (χ2n) is 4.55. The van der Waals surface area contributed by atoms with E-state index in [0.29, 0.717) is 5.02 Å². The predicted octanol–water partition coefficient (Wildman–Crippen LogP) is 4.69. The van der Waals surface area contributed by atoms with Crippen molar-refractivity contribution in [3.8, 4) is 0 Å². The molecule has 0 fully saturated rings. The Balaban J connectivity index is 2.01. The molecular formula is C14H13Cl2N3S. The fraction of sp³-hybridized carbons (Fsp3) is 0.286. The molecule has 1 unspecified atom stereocenters. The molecule has 0 aliphatic rings. The van der Waals surface area contributed by atoms with Crippen LogP contribution in [0, 0.1) is 0 Å². The molecule has 3 rings (SSSR count). The molecule has 2 aromatic heterocycles. The number of aryl methyl sites for hydroxylation is 2. The van der Waals surface area contributed by atoms with Gasteiger partial charge in [-0.3, -0.25) is 0 Å². The van der Waals surface area contributed by atoms with E-state index in [1.54, 1.807) is 11.3 Å². The van der Waals surface area contributed by atoms with Gasteiger partial charge in [-0.05, 0) is 25.1 Å². The topological polar surface area (TPSA) is 30.7 Å². The largest absolute Gasteiger partial charge is 0.326 e. The molecule has 0 aliphatic heterocycles. The van der Waals surface area contributed by atoms with E-state index < -0.39 is 0 Å². The Morgan fingerprint density at radius 3 is 2.95 bits per heavy atom. The molecule has 2 heterocycles. The van der Waals surface area contributed by atoms with Crippen LogP contribution in [0.5, 0.6) is 0 Å². The molecule has 3 aromatic rings. The third kappa shape index (κ3) is 2.68. The van der Waals surface area contributed by atoms with E-state index in [0.717, 1.165) is 34.8 Å². The molecule has 0 aliphatic carbocycles. The molecule has 0 radical (unpaired) electrons. The van der Waals surface area contributed by atoms with E-state index in [4.69, 9.17) is 23.2 Å². The summed E-state index contributed by atoms with van der Waals surface area (Å²) in [6, 6.07) is 5.72. The number of benzene rings is 1. The average molecular weight is 326 g/mol. The zero-order valence-electron chi connectivity index (χ0n) is 10.9. The highest BCUT2D eigenvalue weighted by atomic mass is 35.5. The fourth-order valence-electron chi connectivity index (χ4n) is 2.24. The molecule has 104 valence electrons. The summed E-state index contributed by atoms with van der Waals surface area (Å²) >= 11 is 14.0. The number of imidazole rings is 1. The molecule has 3 nitrogen and oxygen atoms in total. The van der Waals surface area contributed by atoms with Crippen LogP contribution < -0.4 is 0 Å². The van der Waals surface area contributed by atoms with Crippen LogP contribution in [0.1, 0.15) is 23.1 Å². The van der Waals surface area contributed by atoms with Crippen LogP contribution in [0.15, 0.2) is 29.8 Å². The van der Waals surface area contributed by atoms with Crippen LogP contribution in [0.2, 0.25) is 5.02 Å². The lowest BCUT2D eigenvalue weighted by atomic mass is 10.3. The lowest BCUT2D eigenvalue weighted by Crippen LogP contribution is -2.06. The van der Waals surface area contributed by atoms with E-state index in [1.165, 1.54) is 0 Å². The maximum atomic E-state index is 6.25. The van der Waals surface area contributed by atoms with E-state index in [-0.39, 0.29) is 5.38 Å². The summed E-state index contributed by atoms with van der Waals surface area (Å²) in [5.41, 5.74) is 1.95. The Morgan fingerprint density at radius 2 is 2.25 bits per heavy atom. The first-order valence-electron chi connectivity index (χ1n) is 6.33. The molecule has 6 heteroatoms. The number of hydrogen-bond donors (Lipinski definition) is 0. The molecule has 0 saturated carbocycles. The van der Waals surface area contributed by atoms with Crippen molar-refractivity contribution in [1.82, 2.24) is 14.5 Å². The van der Waals surface area contributed by atoms with Gasteiger partial charge in [0, 0.05) is 29.6 Å². The van der Waals surface area contributed by atoms with Gasteiger partial charge in [-0.15, -0.1) is 22.9 Å². The monoisotopic (exact) mass is 325 g/mol. The normalized spacial score (nSPS) is 12.9. The van der Waals surface area contributed by atoms with Crippen LogP contribution in [-0.4, -0.2) is 14.5 Å². The number of rotatable bonds is 4. The van der Waals surface area contributed by atoms with Gasteiger partial charge in [-0.25, -0.2) is 9.97 Å². The summed E-state index contributed by atoms with van der Waals surface area (Å²) in [5, 5.41) is 3.67. The van der Waals surface area contributed by atoms with Crippen LogP contribution in [0.3, 0.4) is 0 Å². The number of halogens is 2. The van der Waals surface area contributed by atoms with Crippen molar-refractivity contribution in [3.63, 3.8) is 0 Å². The number of fused-ring (bicyclic) bond motifs is 1. The second-order valence-corrected chi connectivity index (χ2v) is 6.62. The highest BCUT2D eigenvalue weighted by molar-refractivity contribution is 7.09. The van der Waals surface area contributed by atoms with Gasteiger partial charge in [-0.2, -0.15) is 0 Å². The average Bonchev–Trinajstić information content (AvgIpc) is 3.03. The molecule has 0 spiro atoms. The van der Waals surface area contributed by atoms with Crippen LogP contribution in [0.25, 0.3) is 11.0 Å². The third-order valence-corrected chi connectivity index (χ3v) is 4.40. The van der Waals surface area contributed by atoms with E-state index in [9.17, 15) is 0 Å². The Hall–Kier alpha value is -1.10. The van der Waals surface area contributed by atoms with Crippen molar-refractivity contribution in [2.24, 2.45) is 0 Å². The number of hydrogen-bond acceptors (Lipinski definition) is 3. The zero-order chi connectivity index (χ0) is 14.1. The van der Waals surface area contributed by atoms with Gasteiger partial charge in [0.05, 0.1) is 21.4 Å². The van der Waals surface area contributed by atoms with E-state index in [1.807, 2.05) is 36.7 Å². The minimum absolute atomic E-state index is 0.141. The highest BCUT2D eigenvalue weighted by Crippen LogP contribution is 2.27. The van der Waals surface area contributed by atoms with Crippen LogP contribution in [-0.2, 0) is 13.0 Å². The minimum Gasteiger partial charge on any atom is -0.326 e. The maximum Gasteiger partial charge on any atom is 0.127 e. The Labute approximate surface area is 131 Å². The molecule has 20 heavy (non-hydrogen) atoms. The van der Waals surface area contributed by atoms with Crippen molar-refractivity contribution in [1.29, 1.82) is 0 Å². The lowest BCUT2D eigenvalue weighted by molar-refractivity contribution is 0.666. The van der Waals surface area contributed by atoms with Gasteiger partial charge in [0.2, 0.25) is 0 Å². The van der Waals surface area contributed by atoms with Gasteiger partial charge in [-0.1, -0.05) is 11.6 Å². The molecular weight excluding hydrogens is 313 g/mol. The molecule has 0 saturated heterocycles. The molecule has 0 amide bonds. The molecule has 1 atom stereocenters. The quantitative estimate of drug-likeness (QED) is 0.651. The zero-order valence-corrected chi connectivity index (χ0v) is 13.2. The molecule has 1 aromatic carbocycles. The number of thiazole rings is 1. The van der Waals surface area contributed by atoms with Crippen molar-refractivity contribution >= 4 is 45.6 Å². The predicted molar refractivity (Wildman–Crippen MR) is 84.8 cm³/mol. The second kappa shape index (κ2) is 5.72. The summed E-state index contributed by atoms with van der Waals surface area (Å²) in [5.74, 6) is 0.875. The SMILES string of the molecule is CC(Cl)c1nc2ccc(Cl)cc2n1CCc1nccs1. The van der Waals surface area contributed by atoms with Gasteiger partial charge < -0.3 is 4.57 Å².